The van der Waals surface area contributed by atoms with Crippen LogP contribution in [0.25, 0.3) is 0 Å². The van der Waals surface area contributed by atoms with E-state index in [0.29, 0.717) is 28.6 Å². The molecule has 176 valence electrons. The number of pyridine rings is 1. The highest BCUT2D eigenvalue weighted by atomic mass is 35.5. The van der Waals surface area contributed by atoms with Crippen LogP contribution in [0.2, 0.25) is 5.02 Å². The number of anilines is 1. The van der Waals surface area contributed by atoms with E-state index in [1.165, 1.54) is 30.5 Å². The Labute approximate surface area is 202 Å². The summed E-state index contributed by atoms with van der Waals surface area (Å²) in [5.74, 6) is -0.498. The zero-order valence-electron chi connectivity index (χ0n) is 18.3. The number of nitrogens with zero attached hydrogens (tertiary/aromatic N) is 3. The van der Waals surface area contributed by atoms with E-state index in [0.717, 1.165) is 9.21 Å². The topological polar surface area (TPSA) is 96.9 Å². The number of benzene rings is 2. The molecule has 1 aromatic heterocycles. The highest BCUT2D eigenvalue weighted by Crippen LogP contribution is 2.31. The van der Waals surface area contributed by atoms with Crippen LogP contribution in [-0.2, 0) is 26.2 Å². The number of imide groups is 1. The van der Waals surface area contributed by atoms with E-state index in [9.17, 15) is 18.0 Å². The minimum absolute atomic E-state index is 0.0273. The molecule has 2 amide bonds. The van der Waals surface area contributed by atoms with Crippen LogP contribution in [0.4, 0.5) is 5.69 Å². The lowest BCUT2D eigenvalue weighted by molar-refractivity contribution is -0.122. The SMILES string of the molecule is CCOc1ccc(N2C(=O)CC(N(Cc3cccnc3)S(=O)(=O)c3ccc(Cl)cc3)C2=O)cc1. The maximum atomic E-state index is 13.6. The predicted octanol–water partition coefficient (Wildman–Crippen LogP) is 3.66. The number of sulfonamides is 1. The molecule has 1 aliphatic heterocycles. The molecule has 1 saturated heterocycles. The molecule has 34 heavy (non-hydrogen) atoms. The van der Waals surface area contributed by atoms with Gasteiger partial charge in [-0.3, -0.25) is 14.6 Å². The molecule has 0 bridgehead atoms. The average Bonchev–Trinajstić information content (AvgIpc) is 3.12. The number of carbonyl (C=O) groups excluding carboxylic acids is 2. The first-order valence-electron chi connectivity index (χ1n) is 10.6. The summed E-state index contributed by atoms with van der Waals surface area (Å²) in [7, 11) is -4.15. The van der Waals surface area contributed by atoms with Crippen molar-refractivity contribution in [3.8, 4) is 5.75 Å². The first-order chi connectivity index (χ1) is 16.3. The van der Waals surface area contributed by atoms with Gasteiger partial charge in [0.1, 0.15) is 11.8 Å². The van der Waals surface area contributed by atoms with Crippen molar-refractivity contribution in [3.05, 3.63) is 83.6 Å². The number of halogens is 1. The Morgan fingerprint density at radius 3 is 2.41 bits per heavy atom. The molecular formula is C24H22ClN3O5S. The van der Waals surface area contributed by atoms with Gasteiger partial charge in [0, 0.05) is 24.0 Å². The van der Waals surface area contributed by atoms with Crippen LogP contribution >= 0.6 is 11.6 Å². The molecule has 2 aromatic carbocycles. The van der Waals surface area contributed by atoms with Crippen LogP contribution in [0.3, 0.4) is 0 Å². The summed E-state index contributed by atoms with van der Waals surface area (Å²) in [4.78, 5) is 31.3. The molecule has 0 spiro atoms. The van der Waals surface area contributed by atoms with Crippen LogP contribution in [-0.4, -0.2) is 42.2 Å². The Bertz CT molecular complexity index is 1280. The normalized spacial score (nSPS) is 16.3. The quantitative estimate of drug-likeness (QED) is 0.439. The summed E-state index contributed by atoms with van der Waals surface area (Å²) < 4.78 is 33.7. The van der Waals surface area contributed by atoms with E-state index in [1.54, 1.807) is 42.6 Å². The van der Waals surface area contributed by atoms with Crippen LogP contribution < -0.4 is 9.64 Å². The number of rotatable bonds is 8. The second kappa shape index (κ2) is 9.92. The first-order valence-corrected chi connectivity index (χ1v) is 12.4. The summed E-state index contributed by atoms with van der Waals surface area (Å²) in [6.45, 7) is 2.21. The van der Waals surface area contributed by atoms with E-state index in [-0.39, 0.29) is 17.9 Å². The lowest BCUT2D eigenvalue weighted by Gasteiger charge is -2.27. The van der Waals surface area contributed by atoms with E-state index in [1.807, 2.05) is 6.92 Å². The summed E-state index contributed by atoms with van der Waals surface area (Å²) in [6.07, 6.45) is 2.81. The van der Waals surface area contributed by atoms with Gasteiger partial charge in [-0.05, 0) is 67.1 Å². The van der Waals surface area contributed by atoms with Crippen LogP contribution in [0, 0.1) is 0 Å². The molecule has 1 atom stereocenters. The Balaban J connectivity index is 1.70. The molecule has 0 aliphatic carbocycles. The molecule has 8 nitrogen and oxygen atoms in total. The van der Waals surface area contributed by atoms with Gasteiger partial charge in [0.25, 0.3) is 5.91 Å². The van der Waals surface area contributed by atoms with E-state index < -0.39 is 27.9 Å². The highest BCUT2D eigenvalue weighted by Gasteiger charge is 2.47. The predicted molar refractivity (Wildman–Crippen MR) is 127 cm³/mol. The van der Waals surface area contributed by atoms with Crippen molar-refractivity contribution in [2.24, 2.45) is 0 Å². The molecule has 10 heteroatoms. The van der Waals surface area contributed by atoms with E-state index in [4.69, 9.17) is 16.3 Å². The number of hydrogen-bond donors (Lipinski definition) is 0. The molecule has 1 fully saturated rings. The molecule has 2 heterocycles. The van der Waals surface area contributed by atoms with Gasteiger partial charge in [0.2, 0.25) is 15.9 Å². The monoisotopic (exact) mass is 499 g/mol. The minimum Gasteiger partial charge on any atom is -0.494 e. The zero-order valence-corrected chi connectivity index (χ0v) is 19.9. The van der Waals surface area contributed by atoms with Gasteiger partial charge >= 0.3 is 0 Å². The number of ether oxygens (including phenoxy) is 1. The summed E-state index contributed by atoms with van der Waals surface area (Å²) in [5, 5.41) is 0.381. The van der Waals surface area contributed by atoms with Gasteiger partial charge in [0.15, 0.2) is 0 Å². The maximum absolute atomic E-state index is 13.6. The van der Waals surface area contributed by atoms with Crippen molar-refractivity contribution in [3.63, 3.8) is 0 Å². The molecule has 0 radical (unpaired) electrons. The number of amides is 2. The van der Waals surface area contributed by atoms with E-state index >= 15 is 0 Å². The number of carbonyl (C=O) groups is 2. The van der Waals surface area contributed by atoms with Gasteiger partial charge in [-0.1, -0.05) is 17.7 Å². The fourth-order valence-electron chi connectivity index (χ4n) is 3.75. The van der Waals surface area contributed by atoms with Crippen molar-refractivity contribution >= 4 is 39.1 Å². The van der Waals surface area contributed by atoms with Gasteiger partial charge in [0.05, 0.1) is 23.6 Å². The van der Waals surface area contributed by atoms with Crippen LogP contribution in [0.5, 0.6) is 5.75 Å². The van der Waals surface area contributed by atoms with Crippen LogP contribution in [0.1, 0.15) is 18.9 Å². The molecule has 0 N–H and O–H groups in total. The lowest BCUT2D eigenvalue weighted by atomic mass is 10.2. The average molecular weight is 500 g/mol. The molecule has 4 rings (SSSR count). The second-order valence-corrected chi connectivity index (χ2v) is 9.91. The summed E-state index contributed by atoms with van der Waals surface area (Å²) >= 11 is 5.93. The minimum atomic E-state index is -4.15. The Kier molecular flexibility index (Phi) is 6.97. The van der Waals surface area contributed by atoms with E-state index in [2.05, 4.69) is 4.98 Å². The molecule has 3 aromatic rings. The van der Waals surface area contributed by atoms with Gasteiger partial charge in [-0.2, -0.15) is 4.31 Å². The third kappa shape index (κ3) is 4.82. The molecule has 0 saturated carbocycles. The third-order valence-corrected chi connectivity index (χ3v) is 7.48. The zero-order chi connectivity index (χ0) is 24.3. The fraction of sp³-hybridized carbons (Fsp3) is 0.208. The standard InChI is InChI=1S/C24H22ClN3O5S/c1-2-33-20-9-7-19(8-10-20)28-23(29)14-22(24(28)30)27(16-17-4-3-13-26-15-17)34(31,32)21-11-5-18(25)6-12-21/h3-13,15,22H,2,14,16H2,1H3. The Morgan fingerprint density at radius 2 is 1.79 bits per heavy atom. The first kappa shape index (κ1) is 23.9. The highest BCUT2D eigenvalue weighted by molar-refractivity contribution is 7.89. The van der Waals surface area contributed by atoms with Crippen molar-refractivity contribution < 1.29 is 22.7 Å². The number of aromatic nitrogens is 1. The summed E-state index contributed by atoms with van der Waals surface area (Å²) in [5.41, 5.74) is 0.936. The molecule has 1 aliphatic rings. The van der Waals surface area contributed by atoms with Gasteiger partial charge in [-0.15, -0.1) is 0 Å². The van der Waals surface area contributed by atoms with Crippen molar-refractivity contribution in [2.75, 3.05) is 11.5 Å². The van der Waals surface area contributed by atoms with Crippen molar-refractivity contribution in [2.45, 2.75) is 30.8 Å². The summed E-state index contributed by atoms with van der Waals surface area (Å²) in [6, 6.07) is 14.4. The van der Waals surface area contributed by atoms with Crippen molar-refractivity contribution in [1.29, 1.82) is 0 Å². The van der Waals surface area contributed by atoms with Gasteiger partial charge < -0.3 is 4.74 Å². The third-order valence-electron chi connectivity index (χ3n) is 5.36. The van der Waals surface area contributed by atoms with Gasteiger partial charge in [-0.25, -0.2) is 13.3 Å². The van der Waals surface area contributed by atoms with Crippen LogP contribution in [0.15, 0.2) is 78.0 Å². The smallest absolute Gasteiger partial charge is 0.252 e. The molecule has 1 unspecified atom stereocenters. The van der Waals surface area contributed by atoms with Crippen molar-refractivity contribution in [1.82, 2.24) is 9.29 Å². The fourth-order valence-corrected chi connectivity index (χ4v) is 5.44. The molecular weight excluding hydrogens is 478 g/mol. The Morgan fingerprint density at radius 1 is 1.09 bits per heavy atom. The largest absolute Gasteiger partial charge is 0.494 e. The second-order valence-electron chi connectivity index (χ2n) is 7.58. The maximum Gasteiger partial charge on any atom is 0.252 e. The Hall–Kier alpha value is -3.27. The number of hydrogen-bond acceptors (Lipinski definition) is 6. The lowest BCUT2D eigenvalue weighted by Crippen LogP contribution is -2.45.